The maximum Gasteiger partial charge on any atom is 0.195 e. The Balaban J connectivity index is 2.37. The van der Waals surface area contributed by atoms with E-state index in [0.717, 1.165) is 11.3 Å². The predicted octanol–water partition coefficient (Wildman–Crippen LogP) is 0.256. The summed E-state index contributed by atoms with van der Waals surface area (Å²) in [5, 5.41) is 13.5. The lowest BCUT2D eigenvalue weighted by Gasteiger charge is -2.11. The number of para-hydroxylation sites is 1. The van der Waals surface area contributed by atoms with Gasteiger partial charge in [0.15, 0.2) is 5.82 Å². The van der Waals surface area contributed by atoms with Crippen LogP contribution in [0, 0.1) is 0 Å². The summed E-state index contributed by atoms with van der Waals surface area (Å²) in [6.45, 7) is 0. The molecule has 2 rings (SSSR count). The molecule has 6 heteroatoms. The first-order valence-corrected chi connectivity index (χ1v) is 4.44. The van der Waals surface area contributed by atoms with Crippen molar-refractivity contribution in [3.8, 4) is 5.75 Å². The van der Waals surface area contributed by atoms with Crippen molar-refractivity contribution in [2.24, 2.45) is 5.73 Å². The highest BCUT2D eigenvalue weighted by Crippen LogP contribution is 2.25. The molecule has 0 aliphatic carbocycles. The van der Waals surface area contributed by atoms with Gasteiger partial charge in [-0.3, -0.25) is 0 Å². The van der Waals surface area contributed by atoms with Gasteiger partial charge in [0.25, 0.3) is 0 Å². The van der Waals surface area contributed by atoms with Crippen LogP contribution < -0.4 is 10.5 Å². The van der Waals surface area contributed by atoms with Crippen LogP contribution in [0.1, 0.15) is 17.4 Å². The fourth-order valence-electron chi connectivity index (χ4n) is 1.36. The van der Waals surface area contributed by atoms with Crippen LogP contribution in [0.4, 0.5) is 0 Å². The Labute approximate surface area is 86.4 Å². The number of methoxy groups -OCH3 is 1. The van der Waals surface area contributed by atoms with Gasteiger partial charge in [0.2, 0.25) is 0 Å². The van der Waals surface area contributed by atoms with Crippen LogP contribution in [0.15, 0.2) is 24.3 Å². The molecule has 78 valence electrons. The Hall–Kier alpha value is -1.95. The molecular weight excluding hydrogens is 194 g/mol. The number of ether oxygens (including phenoxy) is 1. The molecule has 0 saturated heterocycles. The molecule has 0 saturated carbocycles. The summed E-state index contributed by atoms with van der Waals surface area (Å²) >= 11 is 0. The van der Waals surface area contributed by atoms with E-state index in [2.05, 4.69) is 20.6 Å². The average molecular weight is 205 g/mol. The van der Waals surface area contributed by atoms with E-state index in [1.807, 2.05) is 24.3 Å². The van der Waals surface area contributed by atoms with E-state index in [0.29, 0.717) is 5.82 Å². The number of hydrogen-bond acceptors (Lipinski definition) is 5. The maximum absolute atomic E-state index is 5.97. The molecule has 1 heterocycles. The Morgan fingerprint density at radius 2 is 2.20 bits per heavy atom. The Morgan fingerprint density at radius 3 is 2.87 bits per heavy atom. The lowest BCUT2D eigenvalue weighted by Crippen LogP contribution is -2.14. The first-order valence-electron chi connectivity index (χ1n) is 4.44. The standard InChI is InChI=1S/C9H11N5O/c1-15-7-5-3-2-4-6(7)8(10)9-11-13-14-12-9/h2-5,8H,10H2,1H3,(H,11,12,13,14). The summed E-state index contributed by atoms with van der Waals surface area (Å²) in [6, 6.07) is 7.05. The second-order valence-electron chi connectivity index (χ2n) is 2.99. The summed E-state index contributed by atoms with van der Waals surface area (Å²) in [5.74, 6) is 1.16. The third-order valence-electron chi connectivity index (χ3n) is 2.11. The number of rotatable bonds is 3. The molecule has 0 radical (unpaired) electrons. The maximum atomic E-state index is 5.97. The molecule has 1 unspecified atom stereocenters. The lowest BCUT2D eigenvalue weighted by atomic mass is 10.1. The number of tetrazole rings is 1. The fraction of sp³-hybridized carbons (Fsp3) is 0.222. The molecule has 2 aromatic rings. The highest BCUT2D eigenvalue weighted by molar-refractivity contribution is 5.38. The zero-order chi connectivity index (χ0) is 10.7. The molecular formula is C9H11N5O. The molecule has 6 nitrogen and oxygen atoms in total. The number of hydrogen-bond donors (Lipinski definition) is 2. The van der Waals surface area contributed by atoms with Crippen molar-refractivity contribution in [1.29, 1.82) is 0 Å². The minimum absolute atomic E-state index is 0.431. The number of benzene rings is 1. The van der Waals surface area contributed by atoms with Gasteiger partial charge in [-0.1, -0.05) is 23.4 Å². The van der Waals surface area contributed by atoms with Crippen LogP contribution >= 0.6 is 0 Å². The summed E-state index contributed by atoms with van der Waals surface area (Å²) < 4.78 is 5.20. The van der Waals surface area contributed by atoms with Crippen molar-refractivity contribution in [2.75, 3.05) is 7.11 Å². The zero-order valence-corrected chi connectivity index (χ0v) is 8.21. The van der Waals surface area contributed by atoms with E-state index in [-0.39, 0.29) is 0 Å². The van der Waals surface area contributed by atoms with Crippen molar-refractivity contribution < 1.29 is 4.74 Å². The number of nitrogens with one attached hydrogen (secondary N) is 1. The molecule has 1 aromatic heterocycles. The van der Waals surface area contributed by atoms with Crippen LogP contribution in [-0.4, -0.2) is 27.7 Å². The first-order chi connectivity index (χ1) is 7.33. The van der Waals surface area contributed by atoms with Gasteiger partial charge >= 0.3 is 0 Å². The Kier molecular flexibility index (Phi) is 2.59. The fourth-order valence-corrected chi connectivity index (χ4v) is 1.36. The molecule has 1 atom stereocenters. The largest absolute Gasteiger partial charge is 0.496 e. The first kappa shape index (κ1) is 9.60. The van der Waals surface area contributed by atoms with Crippen LogP contribution in [-0.2, 0) is 0 Å². The molecule has 0 aliphatic rings. The van der Waals surface area contributed by atoms with Gasteiger partial charge in [-0.15, -0.1) is 10.2 Å². The summed E-state index contributed by atoms with van der Waals surface area (Å²) in [7, 11) is 1.60. The smallest absolute Gasteiger partial charge is 0.195 e. The molecule has 0 fully saturated rings. The minimum atomic E-state index is -0.431. The number of H-pyrrole nitrogens is 1. The molecule has 0 bridgehead atoms. The van der Waals surface area contributed by atoms with Gasteiger partial charge in [0.05, 0.1) is 13.2 Å². The van der Waals surface area contributed by atoms with E-state index < -0.39 is 6.04 Å². The minimum Gasteiger partial charge on any atom is -0.496 e. The van der Waals surface area contributed by atoms with E-state index in [1.54, 1.807) is 7.11 Å². The van der Waals surface area contributed by atoms with Gasteiger partial charge in [-0.2, -0.15) is 5.21 Å². The van der Waals surface area contributed by atoms with Crippen LogP contribution in [0.2, 0.25) is 0 Å². The summed E-state index contributed by atoms with van der Waals surface area (Å²) in [4.78, 5) is 0. The lowest BCUT2D eigenvalue weighted by molar-refractivity contribution is 0.407. The third-order valence-corrected chi connectivity index (χ3v) is 2.11. The molecule has 1 aromatic carbocycles. The number of aromatic amines is 1. The number of nitrogens with zero attached hydrogens (tertiary/aromatic N) is 3. The highest BCUT2D eigenvalue weighted by atomic mass is 16.5. The number of nitrogens with two attached hydrogens (primary N) is 1. The summed E-state index contributed by atoms with van der Waals surface area (Å²) in [5.41, 5.74) is 6.81. The van der Waals surface area contributed by atoms with Gasteiger partial charge < -0.3 is 10.5 Å². The van der Waals surface area contributed by atoms with Gasteiger partial charge in [0, 0.05) is 5.56 Å². The average Bonchev–Trinajstić information content (AvgIpc) is 2.81. The number of aromatic nitrogens is 4. The van der Waals surface area contributed by atoms with E-state index in [4.69, 9.17) is 10.5 Å². The van der Waals surface area contributed by atoms with E-state index in [1.165, 1.54) is 0 Å². The topological polar surface area (TPSA) is 89.7 Å². The van der Waals surface area contributed by atoms with Crippen LogP contribution in [0.5, 0.6) is 5.75 Å². The van der Waals surface area contributed by atoms with Crippen molar-refractivity contribution in [3.63, 3.8) is 0 Å². The van der Waals surface area contributed by atoms with Crippen LogP contribution in [0.25, 0.3) is 0 Å². The molecule has 0 aliphatic heterocycles. The van der Waals surface area contributed by atoms with Crippen molar-refractivity contribution >= 4 is 0 Å². The molecule has 0 spiro atoms. The quantitative estimate of drug-likeness (QED) is 0.750. The van der Waals surface area contributed by atoms with E-state index in [9.17, 15) is 0 Å². The predicted molar refractivity (Wildman–Crippen MR) is 53.2 cm³/mol. The highest BCUT2D eigenvalue weighted by Gasteiger charge is 2.16. The van der Waals surface area contributed by atoms with Gasteiger partial charge in [-0.25, -0.2) is 0 Å². The van der Waals surface area contributed by atoms with Crippen molar-refractivity contribution in [2.45, 2.75) is 6.04 Å². The second-order valence-corrected chi connectivity index (χ2v) is 2.99. The molecule has 0 amide bonds. The van der Waals surface area contributed by atoms with Gasteiger partial charge in [-0.05, 0) is 6.07 Å². The normalized spacial score (nSPS) is 12.4. The van der Waals surface area contributed by atoms with Gasteiger partial charge in [0.1, 0.15) is 5.75 Å². The third kappa shape index (κ3) is 1.79. The Bertz CT molecular complexity index is 428. The SMILES string of the molecule is COc1ccccc1C(N)c1nn[nH]n1. The monoisotopic (exact) mass is 205 g/mol. The molecule has 15 heavy (non-hydrogen) atoms. The van der Waals surface area contributed by atoms with Crippen molar-refractivity contribution in [3.05, 3.63) is 35.7 Å². The van der Waals surface area contributed by atoms with Crippen molar-refractivity contribution in [1.82, 2.24) is 20.6 Å². The zero-order valence-electron chi connectivity index (χ0n) is 8.21. The second kappa shape index (κ2) is 4.05. The van der Waals surface area contributed by atoms with Crippen LogP contribution in [0.3, 0.4) is 0 Å². The summed E-state index contributed by atoms with van der Waals surface area (Å²) in [6.07, 6.45) is 0. The Morgan fingerprint density at radius 1 is 1.40 bits per heavy atom. The van der Waals surface area contributed by atoms with E-state index >= 15 is 0 Å². The molecule has 3 N–H and O–H groups in total.